The zero-order valence-corrected chi connectivity index (χ0v) is 20.9. The molecule has 1 amide bonds. The Balaban J connectivity index is 1.69. The summed E-state index contributed by atoms with van der Waals surface area (Å²) in [5.74, 6) is -0.821. The van der Waals surface area contributed by atoms with Gasteiger partial charge in [-0.1, -0.05) is 36.8 Å². The van der Waals surface area contributed by atoms with Crippen molar-refractivity contribution in [1.29, 1.82) is 0 Å². The van der Waals surface area contributed by atoms with Gasteiger partial charge in [-0.05, 0) is 56.5 Å². The lowest BCUT2D eigenvalue weighted by atomic mass is 9.99. The van der Waals surface area contributed by atoms with Gasteiger partial charge in [-0.15, -0.1) is 11.3 Å². The molecule has 0 saturated carbocycles. The number of rotatable bonds is 7. The van der Waals surface area contributed by atoms with Crippen molar-refractivity contribution in [3.8, 4) is 11.1 Å². The average molecular weight is 490 g/mol. The Bertz CT molecular complexity index is 1470. The standard InChI is InChI=1S/C27H27N3O4S/c1-5-22(24(31)29-19-9-7-8-18(13-19)27(33)34-6-2)30-15-28-25-23(26(30)32)21(14-35-25)20-11-10-16(3)12-17(20)4/h7-15,22H,5-6H2,1-4H3,(H,29,31). The number of esters is 1. The Hall–Kier alpha value is -3.78. The van der Waals surface area contributed by atoms with Gasteiger partial charge < -0.3 is 10.1 Å². The summed E-state index contributed by atoms with van der Waals surface area (Å²) in [5.41, 5.74) is 4.57. The van der Waals surface area contributed by atoms with E-state index in [0.29, 0.717) is 27.9 Å². The van der Waals surface area contributed by atoms with E-state index >= 15 is 0 Å². The van der Waals surface area contributed by atoms with Crippen molar-refractivity contribution >= 4 is 39.1 Å². The third kappa shape index (κ3) is 4.88. The van der Waals surface area contributed by atoms with Gasteiger partial charge in [0.2, 0.25) is 5.91 Å². The molecule has 0 bridgehead atoms. The van der Waals surface area contributed by atoms with Crippen LogP contribution in [0.1, 0.15) is 47.8 Å². The van der Waals surface area contributed by atoms with Crippen molar-refractivity contribution < 1.29 is 14.3 Å². The third-order valence-corrected chi connectivity index (χ3v) is 6.74. The van der Waals surface area contributed by atoms with Gasteiger partial charge in [0.25, 0.3) is 5.56 Å². The van der Waals surface area contributed by atoms with Crippen LogP contribution in [0.2, 0.25) is 0 Å². The first-order chi connectivity index (χ1) is 16.8. The van der Waals surface area contributed by atoms with Crippen LogP contribution < -0.4 is 10.9 Å². The molecule has 7 nitrogen and oxygen atoms in total. The summed E-state index contributed by atoms with van der Waals surface area (Å²) in [6, 6.07) is 11.9. The molecule has 2 aromatic carbocycles. The lowest BCUT2D eigenvalue weighted by molar-refractivity contribution is -0.119. The lowest BCUT2D eigenvalue weighted by Crippen LogP contribution is -2.33. The number of hydrogen-bond donors (Lipinski definition) is 1. The Labute approximate surface area is 207 Å². The van der Waals surface area contributed by atoms with E-state index in [0.717, 1.165) is 22.3 Å². The second kappa shape index (κ2) is 10.2. The number of aryl methyl sites for hydroxylation is 2. The Morgan fingerprint density at radius 2 is 1.91 bits per heavy atom. The molecular weight excluding hydrogens is 462 g/mol. The molecule has 35 heavy (non-hydrogen) atoms. The van der Waals surface area contributed by atoms with Crippen LogP contribution in [0.5, 0.6) is 0 Å². The molecule has 4 aromatic rings. The van der Waals surface area contributed by atoms with Gasteiger partial charge in [0.05, 0.1) is 23.9 Å². The van der Waals surface area contributed by atoms with Crippen LogP contribution >= 0.6 is 11.3 Å². The van der Waals surface area contributed by atoms with Gasteiger partial charge in [-0.3, -0.25) is 14.2 Å². The van der Waals surface area contributed by atoms with E-state index in [4.69, 9.17) is 4.74 Å². The maximum Gasteiger partial charge on any atom is 0.338 e. The second-order valence-corrected chi connectivity index (χ2v) is 9.18. The highest BCUT2D eigenvalue weighted by Crippen LogP contribution is 2.33. The molecule has 0 aliphatic rings. The van der Waals surface area contributed by atoms with Gasteiger partial charge >= 0.3 is 5.97 Å². The normalized spacial score (nSPS) is 11.9. The third-order valence-electron chi connectivity index (χ3n) is 5.86. The van der Waals surface area contributed by atoms with Crippen LogP contribution in [0.4, 0.5) is 5.69 Å². The van der Waals surface area contributed by atoms with Crippen LogP contribution in [0.15, 0.2) is 59.0 Å². The van der Waals surface area contributed by atoms with Gasteiger partial charge in [-0.2, -0.15) is 0 Å². The maximum atomic E-state index is 13.6. The molecule has 0 spiro atoms. The fourth-order valence-corrected chi connectivity index (χ4v) is 5.05. The minimum atomic E-state index is -0.766. The zero-order chi connectivity index (χ0) is 25.1. The molecule has 1 unspecified atom stereocenters. The number of hydrogen-bond acceptors (Lipinski definition) is 6. The van der Waals surface area contributed by atoms with Crippen molar-refractivity contribution in [2.75, 3.05) is 11.9 Å². The monoisotopic (exact) mass is 489 g/mol. The molecule has 0 radical (unpaired) electrons. The Morgan fingerprint density at radius 1 is 1.11 bits per heavy atom. The molecule has 8 heteroatoms. The number of benzene rings is 2. The molecular formula is C27H27N3O4S. The molecule has 180 valence electrons. The fraction of sp³-hybridized carbons (Fsp3) is 0.259. The minimum Gasteiger partial charge on any atom is -0.462 e. The van der Waals surface area contributed by atoms with Crippen LogP contribution in [-0.2, 0) is 9.53 Å². The van der Waals surface area contributed by atoms with Crippen molar-refractivity contribution in [1.82, 2.24) is 9.55 Å². The minimum absolute atomic E-state index is 0.256. The predicted molar refractivity (Wildman–Crippen MR) is 139 cm³/mol. The topological polar surface area (TPSA) is 90.3 Å². The Kier molecular flexibility index (Phi) is 7.12. The number of thiophene rings is 1. The van der Waals surface area contributed by atoms with Crippen LogP contribution in [0.25, 0.3) is 21.3 Å². The predicted octanol–water partition coefficient (Wildman–Crippen LogP) is 5.51. The van der Waals surface area contributed by atoms with Crippen molar-refractivity contribution in [2.24, 2.45) is 0 Å². The largest absolute Gasteiger partial charge is 0.462 e. The number of ether oxygens (including phenoxy) is 1. The summed E-state index contributed by atoms with van der Waals surface area (Å²) in [5, 5.41) is 5.29. The van der Waals surface area contributed by atoms with Gasteiger partial charge in [0, 0.05) is 16.6 Å². The molecule has 0 saturated heterocycles. The summed E-state index contributed by atoms with van der Waals surface area (Å²) in [7, 11) is 0. The van der Waals surface area contributed by atoms with E-state index in [9.17, 15) is 14.4 Å². The summed E-state index contributed by atoms with van der Waals surface area (Å²) >= 11 is 1.41. The van der Waals surface area contributed by atoms with E-state index in [1.165, 1.54) is 22.2 Å². The number of anilines is 1. The van der Waals surface area contributed by atoms with Crippen LogP contribution in [-0.4, -0.2) is 28.0 Å². The second-order valence-electron chi connectivity index (χ2n) is 8.32. The molecule has 0 aliphatic heterocycles. The van der Waals surface area contributed by atoms with Gasteiger partial charge in [-0.25, -0.2) is 9.78 Å². The van der Waals surface area contributed by atoms with Crippen LogP contribution in [0.3, 0.4) is 0 Å². The number of nitrogens with one attached hydrogen (secondary N) is 1. The summed E-state index contributed by atoms with van der Waals surface area (Å²) in [4.78, 5) is 44.0. The van der Waals surface area contributed by atoms with Crippen molar-refractivity contribution in [2.45, 2.75) is 40.2 Å². The van der Waals surface area contributed by atoms with E-state index in [1.807, 2.05) is 38.3 Å². The molecule has 1 atom stereocenters. The highest BCUT2D eigenvalue weighted by Gasteiger charge is 2.23. The van der Waals surface area contributed by atoms with E-state index < -0.39 is 12.0 Å². The zero-order valence-electron chi connectivity index (χ0n) is 20.1. The highest BCUT2D eigenvalue weighted by molar-refractivity contribution is 7.17. The first kappa shape index (κ1) is 24.3. The Morgan fingerprint density at radius 3 is 2.63 bits per heavy atom. The van der Waals surface area contributed by atoms with E-state index in [-0.39, 0.29) is 18.1 Å². The quantitative estimate of drug-likeness (QED) is 0.346. The summed E-state index contributed by atoms with van der Waals surface area (Å²) in [6.45, 7) is 7.89. The van der Waals surface area contributed by atoms with Gasteiger partial charge in [0.15, 0.2) is 0 Å². The average Bonchev–Trinajstić information content (AvgIpc) is 3.26. The van der Waals surface area contributed by atoms with Crippen molar-refractivity contribution in [3.63, 3.8) is 0 Å². The molecule has 4 rings (SSSR count). The first-order valence-electron chi connectivity index (χ1n) is 11.5. The number of nitrogens with zero attached hydrogens (tertiary/aromatic N) is 2. The molecule has 0 fully saturated rings. The molecule has 1 N–H and O–H groups in total. The number of carbonyl (C=O) groups excluding carboxylic acids is 2. The smallest absolute Gasteiger partial charge is 0.338 e. The number of fused-ring (bicyclic) bond motifs is 1. The SMILES string of the molecule is CCOC(=O)c1cccc(NC(=O)C(CC)n2cnc3scc(-c4ccc(C)cc4C)c3c2=O)c1. The van der Waals surface area contributed by atoms with Gasteiger partial charge in [0.1, 0.15) is 10.9 Å². The number of aromatic nitrogens is 2. The summed E-state index contributed by atoms with van der Waals surface area (Å²) < 4.78 is 6.43. The molecule has 0 aliphatic carbocycles. The van der Waals surface area contributed by atoms with E-state index in [1.54, 1.807) is 31.2 Å². The molecule has 2 aromatic heterocycles. The lowest BCUT2D eigenvalue weighted by Gasteiger charge is -2.18. The number of carbonyl (C=O) groups is 2. The highest BCUT2D eigenvalue weighted by atomic mass is 32.1. The maximum absolute atomic E-state index is 13.6. The van der Waals surface area contributed by atoms with Crippen molar-refractivity contribution in [3.05, 3.63) is 81.2 Å². The summed E-state index contributed by atoms with van der Waals surface area (Å²) in [6.07, 6.45) is 1.83. The van der Waals surface area contributed by atoms with Crippen LogP contribution in [0, 0.1) is 13.8 Å². The number of amides is 1. The van der Waals surface area contributed by atoms with E-state index in [2.05, 4.69) is 16.4 Å². The first-order valence-corrected chi connectivity index (χ1v) is 12.4. The fourth-order valence-electron chi connectivity index (χ4n) is 4.15. The molecule has 2 heterocycles.